The molecule has 1 spiro atoms. The molecule has 66 heavy (non-hydrogen) atoms. The van der Waals surface area contributed by atoms with E-state index in [0.717, 1.165) is 27.8 Å². The lowest BCUT2D eigenvalue weighted by molar-refractivity contribution is -0.149. The highest BCUT2D eigenvalue weighted by molar-refractivity contribution is 6.91. The number of carbonyl (C=O) groups is 3. The normalized spacial score (nSPS) is 21.3. The number of ether oxygens (including phenoxy) is 3. The molecule has 0 aliphatic carbocycles. The van der Waals surface area contributed by atoms with Gasteiger partial charge in [0.1, 0.15) is 11.5 Å². The van der Waals surface area contributed by atoms with E-state index in [1.54, 1.807) is 21.8 Å². The molecule has 5 aromatic rings. The molecule has 3 N–H and O–H groups in total. The van der Waals surface area contributed by atoms with Crippen molar-refractivity contribution in [3.8, 4) is 11.5 Å². The number of hydrogen-bond acceptors (Lipinski definition) is 9. The van der Waals surface area contributed by atoms with Gasteiger partial charge in [0.25, 0.3) is 5.91 Å². The Morgan fingerprint density at radius 1 is 0.848 bits per heavy atom. The number of rotatable bonds is 18. The first kappa shape index (κ1) is 46.7. The van der Waals surface area contributed by atoms with Crippen molar-refractivity contribution < 1.29 is 38.8 Å². The minimum Gasteiger partial charge on any atom is -0.497 e. The summed E-state index contributed by atoms with van der Waals surface area (Å²) in [5.74, 6) is 0.454. The molecule has 5 aromatic carbocycles. The third-order valence-corrected chi connectivity index (χ3v) is 18.2. The van der Waals surface area contributed by atoms with Crippen molar-refractivity contribution in [3.63, 3.8) is 0 Å². The molecule has 8 rings (SSSR count). The highest BCUT2D eigenvalue weighted by Gasteiger charge is 2.67. The SMILES string of the molecule is CCOc1ccc2c(c1)CC(NCCCCO)C(=O)N2c1ccc2c(c1)[C@@]1(O[C@H](CC(=O)N(CCO)Cc3ccccc3)[C@@H]([Si](C)(C)c3ccc(OC)cc3)[C@@H]1C)C(=O)N2c1ccccc1. The maximum absolute atomic E-state index is 15.8. The van der Waals surface area contributed by atoms with Crippen molar-refractivity contribution in [3.05, 3.63) is 138 Å². The zero-order valence-electron chi connectivity index (χ0n) is 38.6. The van der Waals surface area contributed by atoms with Crippen LogP contribution >= 0.6 is 0 Å². The number of nitrogens with one attached hydrogen (secondary N) is 1. The first-order valence-electron chi connectivity index (χ1n) is 23.2. The number of fused-ring (bicyclic) bond motifs is 3. The van der Waals surface area contributed by atoms with Crippen LogP contribution in [0.5, 0.6) is 11.5 Å². The summed E-state index contributed by atoms with van der Waals surface area (Å²) in [4.78, 5) is 50.5. The number of hydrogen-bond donors (Lipinski definition) is 3. The Bertz CT molecular complexity index is 2510. The first-order valence-corrected chi connectivity index (χ1v) is 26.3. The fourth-order valence-corrected chi connectivity index (χ4v) is 14.6. The van der Waals surface area contributed by atoms with E-state index in [1.165, 1.54) is 0 Å². The number of carbonyl (C=O) groups excluding carboxylic acids is 3. The van der Waals surface area contributed by atoms with Gasteiger partial charge in [-0.05, 0) is 110 Å². The predicted octanol–water partition coefficient (Wildman–Crippen LogP) is 7.35. The molecule has 346 valence electrons. The molecule has 0 bridgehead atoms. The molecule has 1 unspecified atom stereocenters. The highest BCUT2D eigenvalue weighted by atomic mass is 28.3. The third-order valence-electron chi connectivity index (χ3n) is 13.8. The van der Waals surface area contributed by atoms with Crippen LogP contribution in [0.1, 0.15) is 49.8 Å². The van der Waals surface area contributed by atoms with Crippen LogP contribution in [-0.4, -0.2) is 93.1 Å². The molecular weight excluding hydrogens is 849 g/mol. The molecule has 1 saturated heterocycles. The summed E-state index contributed by atoms with van der Waals surface area (Å²) in [5, 5.41) is 24.2. The standard InChI is InChI=1S/C53H62N4O8Si/c1-6-64-42-22-26-46-38(31-42)32-45(54-27-13-14-29-58)51(61)56(46)40-19-25-47-44(33-40)53(52(62)57(47)39-17-11-8-12-18-39)36(2)50(66(4,5)43-23-20-41(63-3)21-24-43)48(65-53)34-49(60)55(28-30-59)35-37-15-9-7-10-16-37/h7-12,15-26,31,33,36,45,48,50,54,58-59H,6,13-14,27-30,32,34-35H2,1-5H3/t36-,45?,48+,50-,53+/m0/s1. The van der Waals surface area contributed by atoms with Crippen LogP contribution in [0.25, 0.3) is 0 Å². The van der Waals surface area contributed by atoms with E-state index >= 15 is 4.79 Å². The van der Waals surface area contributed by atoms with Crippen LogP contribution in [0, 0.1) is 5.92 Å². The zero-order chi connectivity index (χ0) is 46.6. The average Bonchev–Trinajstić information content (AvgIpc) is 3.76. The van der Waals surface area contributed by atoms with Crippen molar-refractivity contribution in [1.29, 1.82) is 0 Å². The van der Waals surface area contributed by atoms with Gasteiger partial charge < -0.3 is 34.6 Å². The van der Waals surface area contributed by atoms with Gasteiger partial charge in [0.15, 0.2) is 5.60 Å². The van der Waals surface area contributed by atoms with E-state index in [9.17, 15) is 19.8 Å². The second-order valence-electron chi connectivity index (χ2n) is 18.1. The summed E-state index contributed by atoms with van der Waals surface area (Å²) in [6.07, 6.45) is 1.10. The lowest BCUT2D eigenvalue weighted by Gasteiger charge is -2.37. The fourth-order valence-electron chi connectivity index (χ4n) is 10.6. The number of anilines is 4. The topological polar surface area (TPSA) is 141 Å². The summed E-state index contributed by atoms with van der Waals surface area (Å²) < 4.78 is 18.9. The molecule has 0 radical (unpaired) electrons. The zero-order valence-corrected chi connectivity index (χ0v) is 39.6. The van der Waals surface area contributed by atoms with Crippen LogP contribution < -0.4 is 29.8 Å². The Morgan fingerprint density at radius 3 is 2.23 bits per heavy atom. The molecule has 5 atom stereocenters. The van der Waals surface area contributed by atoms with Gasteiger partial charge in [-0.2, -0.15) is 0 Å². The van der Waals surface area contributed by atoms with Gasteiger partial charge >= 0.3 is 0 Å². The maximum atomic E-state index is 15.8. The molecule has 1 fully saturated rings. The second-order valence-corrected chi connectivity index (χ2v) is 22.8. The fraction of sp³-hybridized carbons (Fsp3) is 0.377. The lowest BCUT2D eigenvalue weighted by Crippen LogP contribution is -2.52. The molecule has 3 amide bonds. The smallest absolute Gasteiger partial charge is 0.268 e. The van der Waals surface area contributed by atoms with Crippen LogP contribution in [0.15, 0.2) is 121 Å². The van der Waals surface area contributed by atoms with Crippen molar-refractivity contribution in [2.24, 2.45) is 5.92 Å². The summed E-state index contributed by atoms with van der Waals surface area (Å²) >= 11 is 0. The molecule has 0 aromatic heterocycles. The van der Waals surface area contributed by atoms with Crippen molar-refractivity contribution >= 4 is 53.7 Å². The Hall–Kier alpha value is -5.83. The van der Waals surface area contributed by atoms with Crippen LogP contribution in [0.4, 0.5) is 22.7 Å². The average molecular weight is 911 g/mol. The first-order chi connectivity index (χ1) is 32.0. The van der Waals surface area contributed by atoms with Gasteiger partial charge in [-0.15, -0.1) is 0 Å². The van der Waals surface area contributed by atoms with Crippen LogP contribution in [-0.2, 0) is 37.7 Å². The Morgan fingerprint density at radius 2 is 1.55 bits per heavy atom. The van der Waals surface area contributed by atoms with Gasteiger partial charge in [-0.1, -0.05) is 85.9 Å². The third kappa shape index (κ3) is 8.78. The number of unbranched alkanes of at least 4 members (excludes halogenated alkanes) is 1. The molecule has 3 aliphatic rings. The van der Waals surface area contributed by atoms with Gasteiger partial charge in [0.2, 0.25) is 11.8 Å². The van der Waals surface area contributed by atoms with E-state index in [2.05, 4.69) is 37.5 Å². The van der Waals surface area contributed by atoms with Crippen molar-refractivity contribution in [2.75, 3.05) is 49.8 Å². The molecule has 12 nitrogen and oxygen atoms in total. The lowest BCUT2D eigenvalue weighted by atomic mass is 9.82. The number of methoxy groups -OCH3 is 1. The van der Waals surface area contributed by atoms with Crippen LogP contribution in [0.2, 0.25) is 18.6 Å². The number of benzene rings is 5. The molecule has 3 aliphatic heterocycles. The molecular formula is C53H62N4O8Si. The minimum absolute atomic E-state index is 0.00635. The van der Waals surface area contributed by atoms with E-state index in [1.807, 2.05) is 116 Å². The van der Waals surface area contributed by atoms with Crippen molar-refractivity contribution in [2.45, 2.75) is 82.5 Å². The Kier molecular flexibility index (Phi) is 14.1. The van der Waals surface area contributed by atoms with Gasteiger partial charge in [0.05, 0.1) is 58.3 Å². The summed E-state index contributed by atoms with van der Waals surface area (Å²) in [7, 11) is -1.02. The summed E-state index contributed by atoms with van der Waals surface area (Å²) in [5.41, 5.74) is 3.37. The number of nitrogens with zero attached hydrogens (tertiary/aromatic N) is 3. The van der Waals surface area contributed by atoms with Gasteiger partial charge in [0, 0.05) is 42.6 Å². The second kappa shape index (κ2) is 20.0. The van der Waals surface area contributed by atoms with E-state index in [-0.39, 0.29) is 49.4 Å². The number of amides is 3. The summed E-state index contributed by atoms with van der Waals surface area (Å²) in [6, 6.07) is 38.4. The number of aliphatic hydroxyl groups excluding tert-OH is 2. The Balaban J connectivity index is 1.27. The Labute approximate surface area is 389 Å². The summed E-state index contributed by atoms with van der Waals surface area (Å²) in [6.45, 7) is 9.99. The number of para-hydroxylation sites is 1. The van der Waals surface area contributed by atoms with E-state index in [0.29, 0.717) is 67.3 Å². The molecule has 13 heteroatoms. The molecule has 3 heterocycles. The number of aliphatic hydroxyl groups is 2. The minimum atomic E-state index is -2.66. The monoisotopic (exact) mass is 910 g/mol. The van der Waals surface area contributed by atoms with Crippen molar-refractivity contribution in [1.82, 2.24) is 10.2 Å². The maximum Gasteiger partial charge on any atom is 0.268 e. The largest absolute Gasteiger partial charge is 0.497 e. The van der Waals surface area contributed by atoms with E-state index < -0.39 is 31.7 Å². The van der Waals surface area contributed by atoms with E-state index in [4.69, 9.17) is 14.2 Å². The highest BCUT2D eigenvalue weighted by Crippen LogP contribution is 2.61. The predicted molar refractivity (Wildman–Crippen MR) is 260 cm³/mol. The van der Waals surface area contributed by atoms with Gasteiger partial charge in [-0.3, -0.25) is 24.2 Å². The van der Waals surface area contributed by atoms with Gasteiger partial charge in [-0.25, -0.2) is 0 Å². The quantitative estimate of drug-likeness (QED) is 0.0608. The van der Waals surface area contributed by atoms with Crippen LogP contribution in [0.3, 0.4) is 0 Å². The molecule has 0 saturated carbocycles.